The third-order valence-corrected chi connectivity index (χ3v) is 5.50. The molecular formula is C23H18O7. The molecule has 1 atom stereocenters. The van der Waals surface area contributed by atoms with E-state index < -0.39 is 40.8 Å². The molecule has 2 aromatic carbocycles. The number of carbonyl (C=O) groups is 4. The molecule has 1 spiro atoms. The SMILES string of the molecule is COC(=O)C1=C(C(=O)OC)C2(O[C@@H]1c1ccccc1C)C(=O)c1ccccc1C2=O. The van der Waals surface area contributed by atoms with Gasteiger partial charge < -0.3 is 14.2 Å². The molecule has 1 aliphatic carbocycles. The highest BCUT2D eigenvalue weighted by atomic mass is 16.6. The Morgan fingerprint density at radius 2 is 1.40 bits per heavy atom. The number of hydrogen-bond acceptors (Lipinski definition) is 7. The van der Waals surface area contributed by atoms with E-state index in [1.54, 1.807) is 43.3 Å². The minimum absolute atomic E-state index is 0.124. The molecular weight excluding hydrogens is 388 g/mol. The molecule has 7 heteroatoms. The molecule has 0 amide bonds. The van der Waals surface area contributed by atoms with Crippen LogP contribution in [-0.2, 0) is 23.8 Å². The van der Waals surface area contributed by atoms with E-state index in [4.69, 9.17) is 14.2 Å². The van der Waals surface area contributed by atoms with E-state index in [-0.39, 0.29) is 16.7 Å². The van der Waals surface area contributed by atoms with Crippen molar-refractivity contribution in [3.05, 3.63) is 81.9 Å². The number of fused-ring (bicyclic) bond motifs is 1. The molecule has 0 radical (unpaired) electrons. The molecule has 0 bridgehead atoms. The summed E-state index contributed by atoms with van der Waals surface area (Å²) < 4.78 is 15.8. The Hall–Kier alpha value is -3.58. The fourth-order valence-electron chi connectivity index (χ4n) is 4.09. The molecule has 0 unspecified atom stereocenters. The van der Waals surface area contributed by atoms with Gasteiger partial charge in [-0.25, -0.2) is 9.59 Å². The van der Waals surface area contributed by atoms with Gasteiger partial charge in [-0.2, -0.15) is 0 Å². The minimum Gasteiger partial charge on any atom is -0.466 e. The zero-order valence-corrected chi connectivity index (χ0v) is 16.6. The van der Waals surface area contributed by atoms with Crippen molar-refractivity contribution >= 4 is 23.5 Å². The molecule has 0 saturated carbocycles. The summed E-state index contributed by atoms with van der Waals surface area (Å²) in [5.41, 5.74) is -1.41. The Morgan fingerprint density at radius 3 is 1.93 bits per heavy atom. The molecule has 1 heterocycles. The van der Waals surface area contributed by atoms with Gasteiger partial charge in [0.25, 0.3) is 0 Å². The summed E-state index contributed by atoms with van der Waals surface area (Å²) >= 11 is 0. The van der Waals surface area contributed by atoms with Gasteiger partial charge in [-0.1, -0.05) is 48.5 Å². The average molecular weight is 406 g/mol. The summed E-state index contributed by atoms with van der Waals surface area (Å²) in [4.78, 5) is 52.5. The number of esters is 2. The molecule has 1 aliphatic heterocycles. The van der Waals surface area contributed by atoms with E-state index in [0.29, 0.717) is 5.56 Å². The maximum Gasteiger partial charge on any atom is 0.338 e. The van der Waals surface area contributed by atoms with Crippen LogP contribution in [0.4, 0.5) is 0 Å². The van der Waals surface area contributed by atoms with Gasteiger partial charge in [-0.05, 0) is 18.1 Å². The Labute approximate surface area is 172 Å². The van der Waals surface area contributed by atoms with Crippen molar-refractivity contribution in [2.75, 3.05) is 14.2 Å². The first kappa shape index (κ1) is 19.7. The lowest BCUT2D eigenvalue weighted by molar-refractivity contribution is -0.139. The van der Waals surface area contributed by atoms with Gasteiger partial charge in [0.15, 0.2) is 0 Å². The summed E-state index contributed by atoms with van der Waals surface area (Å²) in [5, 5.41) is 0. The second kappa shape index (κ2) is 7.03. The Balaban J connectivity index is 2.04. The zero-order chi connectivity index (χ0) is 21.6. The van der Waals surface area contributed by atoms with Crippen LogP contribution in [0.1, 0.15) is 37.9 Å². The van der Waals surface area contributed by atoms with Gasteiger partial charge >= 0.3 is 11.9 Å². The molecule has 0 fully saturated rings. The van der Waals surface area contributed by atoms with E-state index in [1.807, 2.05) is 0 Å². The number of rotatable bonds is 3. The van der Waals surface area contributed by atoms with Gasteiger partial charge in [0.1, 0.15) is 6.10 Å². The molecule has 0 aromatic heterocycles. The van der Waals surface area contributed by atoms with Crippen molar-refractivity contribution in [1.29, 1.82) is 0 Å². The molecule has 4 rings (SSSR count). The largest absolute Gasteiger partial charge is 0.466 e. The lowest BCUT2D eigenvalue weighted by Crippen LogP contribution is -2.46. The predicted molar refractivity (Wildman–Crippen MR) is 104 cm³/mol. The van der Waals surface area contributed by atoms with Gasteiger partial charge in [-0.15, -0.1) is 0 Å². The Morgan fingerprint density at radius 1 is 0.867 bits per heavy atom. The normalized spacial score (nSPS) is 19.2. The third kappa shape index (κ3) is 2.48. The summed E-state index contributed by atoms with van der Waals surface area (Å²) in [5.74, 6) is -3.29. The van der Waals surface area contributed by atoms with Crippen LogP contribution in [0, 0.1) is 6.92 Å². The topological polar surface area (TPSA) is 96.0 Å². The van der Waals surface area contributed by atoms with Crippen LogP contribution < -0.4 is 0 Å². The number of carbonyl (C=O) groups excluding carboxylic acids is 4. The fraction of sp³-hybridized carbons (Fsp3) is 0.217. The summed E-state index contributed by atoms with van der Waals surface area (Å²) in [6.45, 7) is 1.80. The Bertz CT molecular complexity index is 1110. The highest BCUT2D eigenvalue weighted by Crippen LogP contribution is 2.51. The van der Waals surface area contributed by atoms with E-state index in [9.17, 15) is 19.2 Å². The van der Waals surface area contributed by atoms with Crippen molar-refractivity contribution in [1.82, 2.24) is 0 Å². The highest BCUT2D eigenvalue weighted by Gasteiger charge is 2.66. The van der Waals surface area contributed by atoms with Crippen LogP contribution in [-0.4, -0.2) is 43.3 Å². The monoisotopic (exact) mass is 406 g/mol. The minimum atomic E-state index is -2.30. The molecule has 0 N–H and O–H groups in total. The third-order valence-electron chi connectivity index (χ3n) is 5.50. The molecule has 2 aliphatic rings. The van der Waals surface area contributed by atoms with Crippen LogP contribution in [0.25, 0.3) is 0 Å². The van der Waals surface area contributed by atoms with Crippen molar-refractivity contribution in [3.8, 4) is 0 Å². The second-order valence-electron chi connectivity index (χ2n) is 7.01. The number of ketones is 2. The maximum absolute atomic E-state index is 13.4. The standard InChI is InChI=1S/C23H18O7/c1-12-8-4-5-9-13(12)18-16(21(26)28-2)17(22(27)29-3)23(30-18)19(24)14-10-6-7-11-15(14)20(23)25/h4-11,18H,1-3H3/t18-/m1/s1. The second-order valence-corrected chi connectivity index (χ2v) is 7.01. The number of aryl methyl sites for hydroxylation is 1. The lowest BCUT2D eigenvalue weighted by Gasteiger charge is -2.24. The zero-order valence-electron chi connectivity index (χ0n) is 16.6. The van der Waals surface area contributed by atoms with Crippen molar-refractivity contribution < 1.29 is 33.4 Å². The van der Waals surface area contributed by atoms with Crippen LogP contribution in [0.2, 0.25) is 0 Å². The number of benzene rings is 2. The van der Waals surface area contributed by atoms with E-state index >= 15 is 0 Å². The first-order valence-corrected chi connectivity index (χ1v) is 9.21. The van der Waals surface area contributed by atoms with E-state index in [2.05, 4.69) is 0 Å². The summed E-state index contributed by atoms with van der Waals surface area (Å²) in [6, 6.07) is 13.2. The van der Waals surface area contributed by atoms with Crippen LogP contribution in [0.5, 0.6) is 0 Å². The molecule has 152 valence electrons. The molecule has 7 nitrogen and oxygen atoms in total. The lowest BCUT2D eigenvalue weighted by atomic mass is 9.85. The summed E-state index contributed by atoms with van der Waals surface area (Å²) in [7, 11) is 2.26. The number of Topliss-reactive ketones (excluding diaryl/α,β-unsaturated/α-hetero) is 2. The first-order chi connectivity index (χ1) is 14.4. The molecule has 2 aromatic rings. The van der Waals surface area contributed by atoms with E-state index in [0.717, 1.165) is 19.8 Å². The quantitative estimate of drug-likeness (QED) is 0.571. The number of ether oxygens (including phenoxy) is 3. The smallest absolute Gasteiger partial charge is 0.338 e. The summed E-state index contributed by atoms with van der Waals surface area (Å²) in [6.07, 6.45) is -1.16. The van der Waals surface area contributed by atoms with Crippen LogP contribution >= 0.6 is 0 Å². The van der Waals surface area contributed by atoms with Gasteiger partial charge in [0.05, 0.1) is 25.4 Å². The van der Waals surface area contributed by atoms with Crippen molar-refractivity contribution in [2.24, 2.45) is 0 Å². The predicted octanol–water partition coefficient (Wildman–Crippen LogP) is 2.53. The van der Waals surface area contributed by atoms with E-state index in [1.165, 1.54) is 12.1 Å². The average Bonchev–Trinajstić information content (AvgIpc) is 3.23. The molecule has 30 heavy (non-hydrogen) atoms. The number of hydrogen-bond donors (Lipinski definition) is 0. The number of methoxy groups -OCH3 is 2. The van der Waals surface area contributed by atoms with Crippen LogP contribution in [0.3, 0.4) is 0 Å². The highest BCUT2D eigenvalue weighted by molar-refractivity contribution is 6.37. The van der Waals surface area contributed by atoms with Gasteiger partial charge in [0.2, 0.25) is 17.2 Å². The van der Waals surface area contributed by atoms with Gasteiger partial charge in [-0.3, -0.25) is 9.59 Å². The Kier molecular flexibility index (Phi) is 4.63. The molecule has 0 saturated heterocycles. The van der Waals surface area contributed by atoms with Gasteiger partial charge in [0, 0.05) is 11.1 Å². The van der Waals surface area contributed by atoms with Crippen LogP contribution in [0.15, 0.2) is 59.7 Å². The maximum atomic E-state index is 13.4. The van der Waals surface area contributed by atoms with Crippen molar-refractivity contribution in [2.45, 2.75) is 18.6 Å². The first-order valence-electron chi connectivity index (χ1n) is 9.21. The van der Waals surface area contributed by atoms with Crippen molar-refractivity contribution in [3.63, 3.8) is 0 Å². The fourth-order valence-corrected chi connectivity index (χ4v) is 4.09.